The number of halogens is 1. The van der Waals surface area contributed by atoms with Crippen LogP contribution in [0.5, 0.6) is 11.5 Å². The Labute approximate surface area is 207 Å². The molecule has 36 heavy (non-hydrogen) atoms. The molecule has 0 saturated carbocycles. The molecule has 184 valence electrons. The lowest BCUT2D eigenvalue weighted by molar-refractivity contribution is -0.121. The van der Waals surface area contributed by atoms with Gasteiger partial charge in [-0.1, -0.05) is 24.3 Å². The molecule has 2 N–H and O–H groups in total. The van der Waals surface area contributed by atoms with E-state index in [0.29, 0.717) is 23.7 Å². The van der Waals surface area contributed by atoms with Gasteiger partial charge in [-0.15, -0.1) is 10.2 Å². The third kappa shape index (κ3) is 6.75. The lowest BCUT2D eigenvalue weighted by Crippen LogP contribution is -2.25. The molecule has 8 nitrogen and oxygen atoms in total. The fraction of sp³-hybridized carbons (Fsp3) is 0.185. The summed E-state index contributed by atoms with van der Waals surface area (Å²) in [5, 5.41) is 10.9. The number of H-pyrrole nitrogens is 1. The molecule has 1 heterocycles. The number of ether oxygens (including phenoxy) is 2. The number of nitrogens with zero attached hydrogens (tertiary/aromatic N) is 2. The van der Waals surface area contributed by atoms with Gasteiger partial charge >= 0.3 is 0 Å². The molecule has 0 aliphatic rings. The topological polar surface area (TPSA) is 106 Å². The van der Waals surface area contributed by atoms with E-state index in [1.807, 2.05) is 24.3 Å². The van der Waals surface area contributed by atoms with Crippen molar-refractivity contribution in [3.8, 4) is 22.9 Å². The lowest BCUT2D eigenvalue weighted by atomic mass is 10.2. The number of carbonyl (C=O) groups is 1. The molecule has 0 bridgehead atoms. The number of aryl methyl sites for hydroxylation is 1. The van der Waals surface area contributed by atoms with Crippen molar-refractivity contribution < 1.29 is 18.7 Å². The summed E-state index contributed by atoms with van der Waals surface area (Å²) in [5.41, 5.74) is 2.22. The molecule has 0 aliphatic heterocycles. The van der Waals surface area contributed by atoms with Crippen molar-refractivity contribution in [2.75, 3.05) is 7.11 Å². The molecule has 3 aromatic carbocycles. The van der Waals surface area contributed by atoms with E-state index in [1.54, 1.807) is 43.5 Å². The number of carbonyl (C=O) groups excluding carboxylic acids is 1. The average molecular weight is 489 g/mol. The van der Waals surface area contributed by atoms with Crippen LogP contribution in [0.15, 0.2) is 77.6 Å². The Kier molecular flexibility index (Phi) is 8.02. The Morgan fingerprint density at radius 3 is 2.47 bits per heavy atom. The number of aromatic nitrogens is 3. The Morgan fingerprint density at radius 2 is 1.75 bits per heavy atom. The Bertz CT molecular complexity index is 1370. The normalized spacial score (nSPS) is 10.6. The van der Waals surface area contributed by atoms with Crippen molar-refractivity contribution in [2.24, 2.45) is 0 Å². The smallest absolute Gasteiger partial charge is 0.273 e. The highest BCUT2D eigenvalue weighted by molar-refractivity contribution is 5.76. The number of aromatic amines is 1. The summed E-state index contributed by atoms with van der Waals surface area (Å²) in [5.74, 6) is 1.18. The number of amides is 1. The van der Waals surface area contributed by atoms with Crippen LogP contribution in [0.25, 0.3) is 11.4 Å². The molecule has 0 saturated heterocycles. The molecule has 0 unspecified atom stereocenters. The maximum atomic E-state index is 13.0. The molecule has 9 heteroatoms. The summed E-state index contributed by atoms with van der Waals surface area (Å²) >= 11 is 0. The van der Waals surface area contributed by atoms with Gasteiger partial charge in [0.2, 0.25) is 5.91 Å². The Hall–Kier alpha value is -4.53. The molecule has 1 aromatic heterocycles. The van der Waals surface area contributed by atoms with Crippen LogP contribution in [-0.4, -0.2) is 28.2 Å². The summed E-state index contributed by atoms with van der Waals surface area (Å²) in [6.07, 6.45) is 0.229. The first-order chi connectivity index (χ1) is 17.5. The highest BCUT2D eigenvalue weighted by Crippen LogP contribution is 2.20. The van der Waals surface area contributed by atoms with E-state index in [4.69, 9.17) is 9.47 Å². The van der Waals surface area contributed by atoms with Crippen molar-refractivity contribution in [3.05, 3.63) is 106 Å². The van der Waals surface area contributed by atoms with Crippen LogP contribution in [0.4, 0.5) is 4.39 Å². The zero-order valence-corrected chi connectivity index (χ0v) is 19.7. The molecule has 4 aromatic rings. The number of methoxy groups -OCH3 is 1. The van der Waals surface area contributed by atoms with E-state index >= 15 is 0 Å². The SMILES string of the molecule is COc1cccc(COc2ccc(-c3nnc(CCC(=O)NCc4ccc(F)cc4)c(=O)[nH]3)cc2)c1. The molecule has 0 atom stereocenters. The van der Waals surface area contributed by atoms with E-state index in [1.165, 1.54) is 12.1 Å². The fourth-order valence-corrected chi connectivity index (χ4v) is 3.42. The van der Waals surface area contributed by atoms with Crippen LogP contribution >= 0.6 is 0 Å². The number of rotatable bonds is 10. The van der Waals surface area contributed by atoms with E-state index in [-0.39, 0.29) is 36.8 Å². The van der Waals surface area contributed by atoms with Crippen molar-refractivity contribution in [3.63, 3.8) is 0 Å². The molecular weight excluding hydrogens is 463 g/mol. The Morgan fingerprint density at radius 1 is 0.972 bits per heavy atom. The quantitative estimate of drug-likeness (QED) is 0.352. The van der Waals surface area contributed by atoms with Gasteiger partial charge in [0.15, 0.2) is 5.82 Å². The van der Waals surface area contributed by atoms with Gasteiger partial charge in [-0.25, -0.2) is 4.39 Å². The van der Waals surface area contributed by atoms with Crippen LogP contribution in [-0.2, 0) is 24.4 Å². The first kappa shape index (κ1) is 24.6. The highest BCUT2D eigenvalue weighted by Gasteiger charge is 2.10. The zero-order chi connectivity index (χ0) is 25.3. The molecule has 0 fully saturated rings. The number of nitrogens with one attached hydrogen (secondary N) is 2. The van der Waals surface area contributed by atoms with Crippen molar-refractivity contribution in [2.45, 2.75) is 26.0 Å². The van der Waals surface area contributed by atoms with Crippen molar-refractivity contribution in [1.29, 1.82) is 0 Å². The van der Waals surface area contributed by atoms with Gasteiger partial charge in [0.05, 0.1) is 7.11 Å². The number of benzene rings is 3. The van der Waals surface area contributed by atoms with Crippen molar-refractivity contribution in [1.82, 2.24) is 20.5 Å². The molecule has 0 radical (unpaired) electrons. The maximum absolute atomic E-state index is 13.0. The molecule has 0 spiro atoms. The average Bonchev–Trinajstić information content (AvgIpc) is 2.91. The third-order valence-corrected chi connectivity index (χ3v) is 5.42. The second-order valence-corrected chi connectivity index (χ2v) is 8.02. The first-order valence-corrected chi connectivity index (χ1v) is 11.3. The predicted octanol–water partition coefficient (Wildman–Crippen LogP) is 3.81. The number of hydrogen-bond donors (Lipinski definition) is 2. The molecule has 1 amide bonds. The van der Waals surface area contributed by atoms with Gasteiger partial charge in [0, 0.05) is 24.9 Å². The minimum absolute atomic E-state index is 0.0810. The highest BCUT2D eigenvalue weighted by atomic mass is 19.1. The largest absolute Gasteiger partial charge is 0.497 e. The van der Waals surface area contributed by atoms with Crippen molar-refractivity contribution >= 4 is 5.91 Å². The van der Waals surface area contributed by atoms with E-state index in [2.05, 4.69) is 20.5 Å². The molecule has 4 rings (SSSR count). The van der Waals surface area contributed by atoms with Gasteiger partial charge in [0.1, 0.15) is 29.6 Å². The van der Waals surface area contributed by atoms with Crippen LogP contribution in [0.1, 0.15) is 23.2 Å². The van der Waals surface area contributed by atoms with Gasteiger partial charge in [-0.05, 0) is 59.7 Å². The zero-order valence-electron chi connectivity index (χ0n) is 19.7. The summed E-state index contributed by atoms with van der Waals surface area (Å²) < 4.78 is 24.0. The second-order valence-electron chi connectivity index (χ2n) is 8.02. The summed E-state index contributed by atoms with van der Waals surface area (Å²) in [6.45, 7) is 0.665. The molecular formula is C27H25FN4O4. The predicted molar refractivity (Wildman–Crippen MR) is 132 cm³/mol. The number of hydrogen-bond acceptors (Lipinski definition) is 6. The first-order valence-electron chi connectivity index (χ1n) is 11.3. The van der Waals surface area contributed by atoms with Gasteiger partial charge in [-0.2, -0.15) is 0 Å². The van der Waals surface area contributed by atoms with E-state index in [9.17, 15) is 14.0 Å². The standard InChI is InChI=1S/C27H25FN4O4/c1-35-23-4-2-3-19(15-23)17-36-22-11-7-20(8-12-22)26-30-27(34)24(31-32-26)13-14-25(33)29-16-18-5-9-21(28)10-6-18/h2-12,15H,13-14,16-17H2,1H3,(H,29,33)(H,30,32,34). The van der Waals surface area contributed by atoms with Gasteiger partial charge < -0.3 is 19.8 Å². The lowest BCUT2D eigenvalue weighted by Gasteiger charge is -2.08. The maximum Gasteiger partial charge on any atom is 0.273 e. The second kappa shape index (κ2) is 11.7. The fourth-order valence-electron chi connectivity index (χ4n) is 3.42. The van der Waals surface area contributed by atoms with Gasteiger partial charge in [-0.3, -0.25) is 9.59 Å². The monoisotopic (exact) mass is 488 g/mol. The summed E-state index contributed by atoms with van der Waals surface area (Å²) in [4.78, 5) is 27.3. The minimum Gasteiger partial charge on any atom is -0.497 e. The van der Waals surface area contributed by atoms with E-state index < -0.39 is 5.56 Å². The third-order valence-electron chi connectivity index (χ3n) is 5.42. The minimum atomic E-state index is -0.398. The summed E-state index contributed by atoms with van der Waals surface area (Å²) in [7, 11) is 1.62. The molecule has 0 aliphatic carbocycles. The summed E-state index contributed by atoms with van der Waals surface area (Å²) in [6, 6.07) is 20.6. The van der Waals surface area contributed by atoms with E-state index in [0.717, 1.165) is 16.9 Å². The Balaban J connectivity index is 1.29. The van der Waals surface area contributed by atoms with Crippen LogP contribution in [0.2, 0.25) is 0 Å². The van der Waals surface area contributed by atoms with Crippen LogP contribution < -0.4 is 20.3 Å². The van der Waals surface area contributed by atoms with Crippen LogP contribution in [0, 0.1) is 5.82 Å². The van der Waals surface area contributed by atoms with Gasteiger partial charge in [0.25, 0.3) is 5.56 Å². The van der Waals surface area contributed by atoms with Crippen LogP contribution in [0.3, 0.4) is 0 Å².